The lowest BCUT2D eigenvalue weighted by molar-refractivity contribution is 0.429. The zero-order chi connectivity index (χ0) is 13.0. The van der Waals surface area contributed by atoms with Gasteiger partial charge in [-0.1, -0.05) is 34.1 Å². The van der Waals surface area contributed by atoms with Gasteiger partial charge in [0.15, 0.2) is 0 Å². The Labute approximate surface area is 102 Å². The summed E-state index contributed by atoms with van der Waals surface area (Å²) in [6.45, 7) is 8.23. The van der Waals surface area contributed by atoms with Crippen molar-refractivity contribution in [2.45, 2.75) is 52.9 Å². The molecule has 0 aliphatic rings. The van der Waals surface area contributed by atoms with Gasteiger partial charge in [0.1, 0.15) is 5.82 Å². The first-order valence-electron chi connectivity index (χ1n) is 6.27. The predicted molar refractivity (Wildman–Crippen MR) is 68.4 cm³/mol. The molecule has 4 heteroatoms. The first-order valence-corrected chi connectivity index (χ1v) is 6.27. The van der Waals surface area contributed by atoms with E-state index in [0.717, 1.165) is 12.8 Å². The summed E-state index contributed by atoms with van der Waals surface area (Å²) in [6.07, 6.45) is 2.32. The van der Waals surface area contributed by atoms with Crippen molar-refractivity contribution in [3.8, 4) is 5.88 Å². The second-order valence-corrected chi connectivity index (χ2v) is 5.03. The zero-order valence-electron chi connectivity index (χ0n) is 11.1. The molecule has 0 bridgehead atoms. The number of aromatic nitrogens is 2. The summed E-state index contributed by atoms with van der Waals surface area (Å²) in [5.74, 6) is 1.17. The molecule has 1 aromatic rings. The highest BCUT2D eigenvalue weighted by molar-refractivity contribution is 5.23. The summed E-state index contributed by atoms with van der Waals surface area (Å²) < 4.78 is 0. The molecule has 1 heterocycles. The molecular formula is C13H22N2O2. The lowest BCUT2D eigenvalue weighted by atomic mass is 9.98. The van der Waals surface area contributed by atoms with Crippen LogP contribution < -0.4 is 5.56 Å². The molecule has 96 valence electrons. The van der Waals surface area contributed by atoms with Crippen LogP contribution >= 0.6 is 0 Å². The molecule has 0 amide bonds. The van der Waals surface area contributed by atoms with E-state index < -0.39 is 0 Å². The summed E-state index contributed by atoms with van der Waals surface area (Å²) in [5.41, 5.74) is 0.193. The van der Waals surface area contributed by atoms with Crippen LogP contribution in [0.25, 0.3) is 0 Å². The quantitative estimate of drug-likeness (QED) is 0.828. The van der Waals surface area contributed by atoms with Gasteiger partial charge in [-0.05, 0) is 18.8 Å². The minimum atomic E-state index is -0.204. The monoisotopic (exact) mass is 238 g/mol. The second kappa shape index (κ2) is 5.84. The van der Waals surface area contributed by atoms with Crippen LogP contribution in [0.2, 0.25) is 0 Å². The number of hydrogen-bond donors (Lipinski definition) is 2. The summed E-state index contributed by atoms with van der Waals surface area (Å²) >= 11 is 0. The average Bonchev–Trinajstić information content (AvgIpc) is 2.22. The maximum Gasteiger partial charge on any atom is 0.257 e. The Kier molecular flexibility index (Phi) is 4.73. The van der Waals surface area contributed by atoms with Gasteiger partial charge < -0.3 is 10.1 Å². The molecule has 0 saturated heterocycles. The Morgan fingerprint density at radius 2 is 2.00 bits per heavy atom. The van der Waals surface area contributed by atoms with Gasteiger partial charge in [-0.3, -0.25) is 4.79 Å². The van der Waals surface area contributed by atoms with E-state index in [1.165, 1.54) is 0 Å². The SMILES string of the molecule is CCCc1c(O)nc(C(C)CC(C)C)[nH]c1=O. The van der Waals surface area contributed by atoms with Gasteiger partial charge in [0.25, 0.3) is 5.56 Å². The Hall–Kier alpha value is -1.32. The summed E-state index contributed by atoms with van der Waals surface area (Å²) in [7, 11) is 0. The van der Waals surface area contributed by atoms with Gasteiger partial charge in [0.2, 0.25) is 5.88 Å². The number of nitrogens with one attached hydrogen (secondary N) is 1. The topological polar surface area (TPSA) is 66.0 Å². The standard InChI is InChI=1S/C13H22N2O2/c1-5-6-10-12(16)14-11(15-13(10)17)9(4)7-8(2)3/h8-9H,5-7H2,1-4H3,(H2,14,15,16,17). The minimum Gasteiger partial charge on any atom is -0.493 e. The van der Waals surface area contributed by atoms with E-state index in [2.05, 4.69) is 23.8 Å². The molecule has 0 aliphatic carbocycles. The fourth-order valence-corrected chi connectivity index (χ4v) is 2.03. The molecule has 4 nitrogen and oxygen atoms in total. The molecule has 2 N–H and O–H groups in total. The second-order valence-electron chi connectivity index (χ2n) is 5.03. The molecular weight excluding hydrogens is 216 g/mol. The van der Waals surface area contributed by atoms with Crippen molar-refractivity contribution in [1.29, 1.82) is 0 Å². The van der Waals surface area contributed by atoms with Gasteiger partial charge >= 0.3 is 0 Å². The molecule has 0 spiro atoms. The number of nitrogens with zero attached hydrogens (tertiary/aromatic N) is 1. The Bertz CT molecular complexity index is 424. The molecule has 17 heavy (non-hydrogen) atoms. The van der Waals surface area contributed by atoms with Crippen LogP contribution in [0, 0.1) is 5.92 Å². The molecule has 0 saturated carbocycles. The fourth-order valence-electron chi connectivity index (χ4n) is 2.03. The molecule has 1 aromatic heterocycles. The first-order chi connectivity index (χ1) is 7.95. The van der Waals surface area contributed by atoms with Crippen LogP contribution in [-0.2, 0) is 6.42 Å². The summed E-state index contributed by atoms with van der Waals surface area (Å²) in [6, 6.07) is 0. The zero-order valence-corrected chi connectivity index (χ0v) is 11.1. The van der Waals surface area contributed by atoms with Crippen LogP contribution in [0.4, 0.5) is 0 Å². The van der Waals surface area contributed by atoms with E-state index in [1.54, 1.807) is 0 Å². The maximum atomic E-state index is 11.8. The van der Waals surface area contributed by atoms with Crippen molar-refractivity contribution in [3.05, 3.63) is 21.7 Å². The molecule has 0 fully saturated rings. The van der Waals surface area contributed by atoms with Crippen molar-refractivity contribution in [2.24, 2.45) is 5.92 Å². The van der Waals surface area contributed by atoms with Gasteiger partial charge in [-0.25, -0.2) is 0 Å². The largest absolute Gasteiger partial charge is 0.493 e. The molecule has 0 aliphatic heterocycles. The molecule has 0 aromatic carbocycles. The lowest BCUT2D eigenvalue weighted by Crippen LogP contribution is -2.18. The van der Waals surface area contributed by atoms with Crippen molar-refractivity contribution in [3.63, 3.8) is 0 Å². The smallest absolute Gasteiger partial charge is 0.257 e. The van der Waals surface area contributed by atoms with Crippen LogP contribution in [-0.4, -0.2) is 15.1 Å². The third kappa shape index (κ3) is 3.58. The molecule has 1 atom stereocenters. The van der Waals surface area contributed by atoms with E-state index in [-0.39, 0.29) is 17.4 Å². The van der Waals surface area contributed by atoms with Crippen LogP contribution in [0.15, 0.2) is 4.79 Å². The van der Waals surface area contributed by atoms with Gasteiger partial charge in [0, 0.05) is 5.92 Å². The van der Waals surface area contributed by atoms with E-state index in [9.17, 15) is 9.90 Å². The number of hydrogen-bond acceptors (Lipinski definition) is 3. The van der Waals surface area contributed by atoms with Gasteiger partial charge in [-0.2, -0.15) is 4.98 Å². The highest BCUT2D eigenvalue weighted by Gasteiger charge is 2.15. The maximum absolute atomic E-state index is 11.8. The van der Waals surface area contributed by atoms with Crippen molar-refractivity contribution >= 4 is 0 Å². The fraction of sp³-hybridized carbons (Fsp3) is 0.692. The third-order valence-electron chi connectivity index (χ3n) is 2.80. The third-order valence-corrected chi connectivity index (χ3v) is 2.80. The van der Waals surface area contributed by atoms with E-state index in [0.29, 0.717) is 23.7 Å². The van der Waals surface area contributed by atoms with Crippen LogP contribution in [0.5, 0.6) is 5.88 Å². The first kappa shape index (κ1) is 13.7. The number of aromatic amines is 1. The molecule has 0 radical (unpaired) electrons. The van der Waals surface area contributed by atoms with Gasteiger partial charge in [0.05, 0.1) is 5.56 Å². The minimum absolute atomic E-state index is 0.110. The Morgan fingerprint density at radius 3 is 2.47 bits per heavy atom. The van der Waals surface area contributed by atoms with E-state index in [4.69, 9.17) is 0 Å². The lowest BCUT2D eigenvalue weighted by Gasteiger charge is -2.14. The summed E-state index contributed by atoms with van der Waals surface area (Å²) in [5, 5.41) is 9.76. The highest BCUT2D eigenvalue weighted by Crippen LogP contribution is 2.21. The number of H-pyrrole nitrogens is 1. The van der Waals surface area contributed by atoms with Crippen LogP contribution in [0.1, 0.15) is 57.8 Å². The molecule has 1 unspecified atom stereocenters. The number of aromatic hydroxyl groups is 1. The van der Waals surface area contributed by atoms with Gasteiger partial charge in [-0.15, -0.1) is 0 Å². The number of rotatable bonds is 5. The highest BCUT2D eigenvalue weighted by atomic mass is 16.3. The van der Waals surface area contributed by atoms with Crippen LogP contribution in [0.3, 0.4) is 0 Å². The summed E-state index contributed by atoms with van der Waals surface area (Å²) in [4.78, 5) is 18.7. The normalized spacial score (nSPS) is 13.0. The van der Waals surface area contributed by atoms with Crippen molar-refractivity contribution in [1.82, 2.24) is 9.97 Å². The van der Waals surface area contributed by atoms with Crippen molar-refractivity contribution < 1.29 is 5.11 Å². The average molecular weight is 238 g/mol. The Balaban J connectivity index is 3.01. The van der Waals surface area contributed by atoms with E-state index >= 15 is 0 Å². The molecule has 1 rings (SSSR count). The van der Waals surface area contributed by atoms with E-state index in [1.807, 2.05) is 13.8 Å². The predicted octanol–water partition coefficient (Wildman–Crippen LogP) is 2.58. The Morgan fingerprint density at radius 1 is 1.35 bits per heavy atom. The van der Waals surface area contributed by atoms with Crippen molar-refractivity contribution in [2.75, 3.05) is 0 Å².